The van der Waals surface area contributed by atoms with E-state index in [2.05, 4.69) is 26.2 Å². The molecule has 0 saturated carbocycles. The molecule has 3 heterocycles. The first kappa shape index (κ1) is 19.1. The Morgan fingerprint density at radius 3 is 2.90 bits per heavy atom. The van der Waals surface area contributed by atoms with Gasteiger partial charge < -0.3 is 23.9 Å². The van der Waals surface area contributed by atoms with E-state index in [4.69, 9.17) is 18.6 Å². The van der Waals surface area contributed by atoms with Crippen LogP contribution in [0.3, 0.4) is 0 Å². The molecule has 1 N–H and O–H groups in total. The molecule has 2 aliphatic heterocycles. The largest absolute Gasteiger partial charge is 0.454 e. The molecule has 2 aromatic carbocycles. The van der Waals surface area contributed by atoms with Crippen LogP contribution in [0.2, 0.25) is 0 Å². The zero-order chi connectivity index (χ0) is 20.5. The first-order valence-electron chi connectivity index (χ1n) is 9.73. The molecule has 0 spiro atoms. The van der Waals surface area contributed by atoms with Crippen molar-refractivity contribution in [3.63, 3.8) is 0 Å². The lowest BCUT2D eigenvalue weighted by molar-refractivity contribution is 0.0854. The molecule has 1 fully saturated rings. The Kier molecular flexibility index (Phi) is 5.18. The van der Waals surface area contributed by atoms with Crippen molar-refractivity contribution in [2.75, 3.05) is 19.9 Å². The van der Waals surface area contributed by atoms with Crippen LogP contribution >= 0.6 is 15.9 Å². The van der Waals surface area contributed by atoms with Gasteiger partial charge in [-0.2, -0.15) is 0 Å². The van der Waals surface area contributed by atoms with Gasteiger partial charge in [0.05, 0.1) is 11.8 Å². The molecule has 5 rings (SSSR count). The highest BCUT2D eigenvalue weighted by Crippen LogP contribution is 2.35. The second-order valence-electron chi connectivity index (χ2n) is 7.14. The van der Waals surface area contributed by atoms with Crippen molar-refractivity contribution in [2.45, 2.75) is 18.9 Å². The topological polar surface area (TPSA) is 82.3 Å². The highest BCUT2D eigenvalue weighted by molar-refractivity contribution is 9.10. The quantitative estimate of drug-likeness (QED) is 0.621. The third-order valence-electron chi connectivity index (χ3n) is 5.05. The predicted octanol–water partition coefficient (Wildman–Crippen LogP) is 4.07. The van der Waals surface area contributed by atoms with Crippen molar-refractivity contribution >= 4 is 38.5 Å². The highest BCUT2D eigenvalue weighted by atomic mass is 79.9. The molecule has 8 heteroatoms. The molecule has 0 radical (unpaired) electrons. The normalized spacial score (nSPS) is 18.2. The molecular weight excluding hydrogens is 452 g/mol. The molecule has 3 aromatic rings. The molecule has 1 saturated heterocycles. The monoisotopic (exact) mass is 470 g/mol. The SMILES string of the molecule is O=C(NC[C@@H]1CCCO1)c1cc2cc(Br)ccc2oc1=Nc1ccc2c(c1)OCO2. The van der Waals surface area contributed by atoms with Gasteiger partial charge in [0.2, 0.25) is 12.3 Å². The van der Waals surface area contributed by atoms with Crippen molar-refractivity contribution < 1.29 is 23.4 Å². The number of hydrogen-bond acceptors (Lipinski definition) is 6. The van der Waals surface area contributed by atoms with E-state index in [1.165, 1.54) is 0 Å². The van der Waals surface area contributed by atoms with Gasteiger partial charge in [0.15, 0.2) is 11.5 Å². The number of amides is 1. The van der Waals surface area contributed by atoms with Gasteiger partial charge in [0.1, 0.15) is 11.1 Å². The van der Waals surface area contributed by atoms with E-state index >= 15 is 0 Å². The number of hydrogen-bond donors (Lipinski definition) is 1. The molecule has 7 nitrogen and oxygen atoms in total. The summed E-state index contributed by atoms with van der Waals surface area (Å²) in [6, 6.07) is 12.8. The van der Waals surface area contributed by atoms with E-state index in [0.29, 0.717) is 34.9 Å². The van der Waals surface area contributed by atoms with Crippen LogP contribution in [-0.4, -0.2) is 32.0 Å². The van der Waals surface area contributed by atoms with Gasteiger partial charge in [-0.25, -0.2) is 4.99 Å². The molecule has 0 bridgehead atoms. The second kappa shape index (κ2) is 8.12. The van der Waals surface area contributed by atoms with Crippen molar-refractivity contribution in [3.8, 4) is 11.5 Å². The Balaban J connectivity index is 1.55. The van der Waals surface area contributed by atoms with Crippen molar-refractivity contribution in [3.05, 3.63) is 58.1 Å². The lowest BCUT2D eigenvalue weighted by Gasteiger charge is -2.11. The number of carbonyl (C=O) groups is 1. The van der Waals surface area contributed by atoms with E-state index in [-0.39, 0.29) is 24.4 Å². The molecule has 1 atom stereocenters. The van der Waals surface area contributed by atoms with E-state index < -0.39 is 0 Å². The minimum absolute atomic E-state index is 0.0507. The standard InChI is InChI=1S/C22H19BrN2O5/c23-14-3-5-18-13(8-14)9-17(21(26)24-11-16-2-1-7-27-16)22(30-18)25-15-4-6-19-20(10-15)29-12-28-19/h3-6,8-10,16H,1-2,7,11-12H2,(H,24,26)/t16-/m0/s1. The molecule has 30 heavy (non-hydrogen) atoms. The molecule has 0 unspecified atom stereocenters. The van der Waals surface area contributed by atoms with Gasteiger partial charge >= 0.3 is 0 Å². The van der Waals surface area contributed by atoms with Crippen molar-refractivity contribution in [1.82, 2.24) is 5.32 Å². The fraction of sp³-hybridized carbons (Fsp3) is 0.273. The number of benzene rings is 2. The number of carbonyl (C=O) groups excluding carboxylic acids is 1. The first-order valence-corrected chi connectivity index (χ1v) is 10.5. The lowest BCUT2D eigenvalue weighted by atomic mass is 10.1. The number of nitrogens with zero attached hydrogens (tertiary/aromatic N) is 1. The lowest BCUT2D eigenvalue weighted by Crippen LogP contribution is -2.34. The van der Waals surface area contributed by atoms with Crippen molar-refractivity contribution in [2.24, 2.45) is 4.99 Å². The zero-order valence-corrected chi connectivity index (χ0v) is 17.6. The summed E-state index contributed by atoms with van der Waals surface area (Å²) >= 11 is 3.46. The summed E-state index contributed by atoms with van der Waals surface area (Å²) in [5, 5.41) is 3.75. The van der Waals surface area contributed by atoms with Gasteiger partial charge in [-0.1, -0.05) is 15.9 Å². The Morgan fingerprint density at radius 2 is 2.03 bits per heavy atom. The number of ether oxygens (including phenoxy) is 3. The summed E-state index contributed by atoms with van der Waals surface area (Å²) in [7, 11) is 0. The summed E-state index contributed by atoms with van der Waals surface area (Å²) < 4.78 is 23.3. The number of rotatable bonds is 4. The Labute approximate surface area is 180 Å². The molecule has 2 aliphatic rings. The zero-order valence-electron chi connectivity index (χ0n) is 16.0. The minimum atomic E-state index is -0.254. The molecule has 0 aliphatic carbocycles. The summed E-state index contributed by atoms with van der Waals surface area (Å²) in [6.07, 6.45) is 2.02. The Hall–Kier alpha value is -2.84. The first-order chi connectivity index (χ1) is 14.7. The van der Waals surface area contributed by atoms with E-state index in [0.717, 1.165) is 29.3 Å². The van der Waals surface area contributed by atoms with Gasteiger partial charge in [-0.15, -0.1) is 0 Å². The van der Waals surface area contributed by atoms with Crippen LogP contribution in [0.5, 0.6) is 11.5 Å². The second-order valence-corrected chi connectivity index (χ2v) is 8.06. The Morgan fingerprint density at radius 1 is 1.13 bits per heavy atom. The minimum Gasteiger partial charge on any atom is -0.454 e. The van der Waals surface area contributed by atoms with Crippen LogP contribution in [0.25, 0.3) is 11.0 Å². The summed E-state index contributed by atoms with van der Waals surface area (Å²) in [4.78, 5) is 17.6. The molecule has 1 amide bonds. The Bertz CT molecular complexity index is 1180. The number of fused-ring (bicyclic) bond motifs is 2. The van der Waals surface area contributed by atoms with Gasteiger partial charge in [-0.05, 0) is 49.2 Å². The molecule has 154 valence electrons. The maximum Gasteiger partial charge on any atom is 0.256 e. The van der Waals surface area contributed by atoms with Crippen LogP contribution in [-0.2, 0) is 4.74 Å². The van der Waals surface area contributed by atoms with Gasteiger partial charge in [0, 0.05) is 29.1 Å². The van der Waals surface area contributed by atoms with Crippen LogP contribution < -0.4 is 20.3 Å². The third kappa shape index (κ3) is 3.93. The van der Waals surface area contributed by atoms with Crippen molar-refractivity contribution in [1.29, 1.82) is 0 Å². The van der Waals surface area contributed by atoms with Gasteiger partial charge in [-0.3, -0.25) is 4.79 Å². The maximum absolute atomic E-state index is 13.0. The number of nitrogens with one attached hydrogen (secondary N) is 1. The summed E-state index contributed by atoms with van der Waals surface area (Å²) in [5.41, 5.74) is 1.82. The van der Waals surface area contributed by atoms with E-state index in [1.807, 2.05) is 18.2 Å². The van der Waals surface area contributed by atoms with E-state index in [9.17, 15) is 4.79 Å². The predicted molar refractivity (Wildman–Crippen MR) is 113 cm³/mol. The van der Waals surface area contributed by atoms with Crippen LogP contribution in [0.15, 0.2) is 56.3 Å². The summed E-state index contributed by atoms with van der Waals surface area (Å²) in [5.74, 6) is 1.03. The average molecular weight is 471 g/mol. The fourth-order valence-corrected chi connectivity index (χ4v) is 3.91. The van der Waals surface area contributed by atoms with Gasteiger partial charge in [0.25, 0.3) is 5.91 Å². The number of halogens is 1. The van der Waals surface area contributed by atoms with E-state index in [1.54, 1.807) is 24.3 Å². The summed E-state index contributed by atoms with van der Waals surface area (Å²) in [6.45, 7) is 1.38. The maximum atomic E-state index is 13.0. The average Bonchev–Trinajstić information content (AvgIpc) is 3.43. The van der Waals surface area contributed by atoms with Crippen LogP contribution in [0, 0.1) is 0 Å². The smallest absolute Gasteiger partial charge is 0.256 e. The van der Waals surface area contributed by atoms with Crippen LogP contribution in [0.1, 0.15) is 23.2 Å². The highest BCUT2D eigenvalue weighted by Gasteiger charge is 2.19. The molecule has 1 aromatic heterocycles. The fourth-order valence-electron chi connectivity index (χ4n) is 3.53. The van der Waals surface area contributed by atoms with Crippen LogP contribution in [0.4, 0.5) is 5.69 Å². The molecular formula is C22H19BrN2O5. The third-order valence-corrected chi connectivity index (χ3v) is 5.55.